The molecular weight excluding hydrogens is 316 g/mol. The van der Waals surface area contributed by atoms with Gasteiger partial charge in [0.2, 0.25) is 0 Å². The fraction of sp³-hybridized carbons (Fsp3) is 0.400. The van der Waals surface area contributed by atoms with Crippen molar-refractivity contribution in [3.05, 3.63) is 60.2 Å². The number of aliphatic hydroxyl groups excluding tert-OH is 1. The van der Waals surface area contributed by atoms with Crippen molar-refractivity contribution < 1.29 is 5.11 Å². The number of aryl methyl sites for hydroxylation is 1. The van der Waals surface area contributed by atoms with Crippen molar-refractivity contribution in [1.82, 2.24) is 4.90 Å². The zero-order valence-electron chi connectivity index (χ0n) is 14.3. The molecule has 1 aliphatic heterocycles. The van der Waals surface area contributed by atoms with Gasteiger partial charge < -0.3 is 10.0 Å². The Morgan fingerprint density at radius 3 is 2.29 bits per heavy atom. The lowest BCUT2D eigenvalue weighted by atomic mass is 10.2. The van der Waals surface area contributed by atoms with Gasteiger partial charge in [0.25, 0.3) is 0 Å². The molecule has 0 bridgehead atoms. The summed E-state index contributed by atoms with van der Waals surface area (Å²) in [6.45, 7) is 6.95. The van der Waals surface area contributed by atoms with Gasteiger partial charge in [0.1, 0.15) is 0 Å². The molecule has 24 heavy (non-hydrogen) atoms. The second-order valence-corrected chi connectivity index (χ2v) is 7.49. The average Bonchev–Trinajstić information content (AvgIpc) is 2.63. The molecule has 1 atom stereocenters. The molecule has 0 radical (unpaired) electrons. The molecule has 4 heteroatoms. The third-order valence-electron chi connectivity index (χ3n) is 4.43. The Kier molecular flexibility index (Phi) is 6.18. The summed E-state index contributed by atoms with van der Waals surface area (Å²) in [7, 11) is 0. The highest BCUT2D eigenvalue weighted by Crippen LogP contribution is 2.20. The van der Waals surface area contributed by atoms with Crippen LogP contribution in [0, 0.1) is 6.92 Å². The van der Waals surface area contributed by atoms with Gasteiger partial charge in [0.05, 0.1) is 6.10 Å². The van der Waals surface area contributed by atoms with E-state index < -0.39 is 0 Å². The number of hydrogen-bond donors (Lipinski definition) is 1. The zero-order chi connectivity index (χ0) is 16.8. The molecule has 1 fully saturated rings. The van der Waals surface area contributed by atoms with Gasteiger partial charge in [0.15, 0.2) is 0 Å². The number of nitrogens with zero attached hydrogens (tertiary/aromatic N) is 2. The van der Waals surface area contributed by atoms with Gasteiger partial charge in [-0.1, -0.05) is 35.9 Å². The number of β-amino-alcohol motifs (C(OH)–C–C–N with tert-alkyl or cyclic N) is 1. The molecule has 0 saturated carbocycles. The molecule has 1 N–H and O–H groups in total. The predicted octanol–water partition coefficient (Wildman–Crippen LogP) is 3.27. The number of benzene rings is 2. The molecule has 3 rings (SSSR count). The molecule has 128 valence electrons. The Balaban J connectivity index is 1.40. The van der Waals surface area contributed by atoms with Crippen molar-refractivity contribution in [2.24, 2.45) is 0 Å². The first-order valence-corrected chi connectivity index (χ1v) is 9.59. The van der Waals surface area contributed by atoms with Gasteiger partial charge in [-0.3, -0.25) is 4.90 Å². The topological polar surface area (TPSA) is 26.7 Å². The number of rotatable bonds is 6. The van der Waals surface area contributed by atoms with E-state index in [4.69, 9.17) is 0 Å². The summed E-state index contributed by atoms with van der Waals surface area (Å²) in [6, 6.07) is 19.1. The van der Waals surface area contributed by atoms with Crippen molar-refractivity contribution >= 4 is 17.4 Å². The molecule has 3 nitrogen and oxygen atoms in total. The third kappa shape index (κ3) is 5.00. The molecule has 0 spiro atoms. The Morgan fingerprint density at radius 1 is 0.958 bits per heavy atom. The van der Waals surface area contributed by atoms with Gasteiger partial charge in [0, 0.05) is 49.1 Å². The van der Waals surface area contributed by atoms with E-state index in [-0.39, 0.29) is 6.10 Å². The molecule has 0 amide bonds. The van der Waals surface area contributed by atoms with Crippen molar-refractivity contribution in [3.8, 4) is 0 Å². The summed E-state index contributed by atoms with van der Waals surface area (Å²) in [5.41, 5.74) is 2.57. The molecule has 2 aromatic rings. The van der Waals surface area contributed by atoms with Crippen molar-refractivity contribution in [3.63, 3.8) is 0 Å². The van der Waals surface area contributed by atoms with Crippen LogP contribution in [-0.2, 0) is 0 Å². The van der Waals surface area contributed by atoms with Crippen molar-refractivity contribution in [2.75, 3.05) is 43.4 Å². The van der Waals surface area contributed by atoms with Crippen LogP contribution in [-0.4, -0.2) is 54.6 Å². The third-order valence-corrected chi connectivity index (χ3v) is 5.58. The number of hydrogen-bond acceptors (Lipinski definition) is 4. The van der Waals surface area contributed by atoms with Crippen LogP contribution in [0.25, 0.3) is 0 Å². The molecule has 1 aliphatic rings. The summed E-state index contributed by atoms with van der Waals surface area (Å²) >= 11 is 1.74. The van der Waals surface area contributed by atoms with Crippen LogP contribution in [0.5, 0.6) is 0 Å². The van der Waals surface area contributed by atoms with E-state index in [0.29, 0.717) is 0 Å². The second-order valence-electron chi connectivity index (χ2n) is 6.40. The lowest BCUT2D eigenvalue weighted by Crippen LogP contribution is -2.48. The van der Waals surface area contributed by atoms with E-state index in [1.807, 2.05) is 0 Å². The van der Waals surface area contributed by atoms with Gasteiger partial charge >= 0.3 is 0 Å². The fourth-order valence-corrected chi connectivity index (χ4v) is 3.82. The number of piperazine rings is 1. The van der Waals surface area contributed by atoms with Crippen LogP contribution in [0.15, 0.2) is 59.5 Å². The summed E-state index contributed by atoms with van der Waals surface area (Å²) in [6.07, 6.45) is -0.278. The highest BCUT2D eigenvalue weighted by atomic mass is 32.2. The highest BCUT2D eigenvalue weighted by molar-refractivity contribution is 7.99. The normalized spacial score (nSPS) is 17.0. The van der Waals surface area contributed by atoms with Gasteiger partial charge in [-0.2, -0.15) is 0 Å². The first-order chi connectivity index (χ1) is 11.7. The van der Waals surface area contributed by atoms with Gasteiger partial charge in [-0.25, -0.2) is 0 Å². The fourth-order valence-electron chi connectivity index (χ4n) is 3.01. The minimum absolute atomic E-state index is 0.278. The Morgan fingerprint density at radius 2 is 1.62 bits per heavy atom. The molecule has 1 unspecified atom stereocenters. The van der Waals surface area contributed by atoms with E-state index in [0.717, 1.165) is 38.5 Å². The summed E-state index contributed by atoms with van der Waals surface area (Å²) in [4.78, 5) is 6.03. The van der Waals surface area contributed by atoms with Crippen LogP contribution in [0.3, 0.4) is 0 Å². The van der Waals surface area contributed by atoms with Gasteiger partial charge in [-0.05, 0) is 31.2 Å². The SMILES string of the molecule is Cc1ccc(SCC(O)CN2CCN(c3ccccc3)CC2)cc1. The maximum absolute atomic E-state index is 10.3. The van der Waals surface area contributed by atoms with E-state index >= 15 is 0 Å². The van der Waals surface area contributed by atoms with Crippen molar-refractivity contribution in [1.29, 1.82) is 0 Å². The number of para-hydroxylation sites is 1. The largest absolute Gasteiger partial charge is 0.391 e. The Bertz CT molecular complexity index is 609. The summed E-state index contributed by atoms with van der Waals surface area (Å²) < 4.78 is 0. The van der Waals surface area contributed by atoms with E-state index in [2.05, 4.69) is 71.3 Å². The predicted molar refractivity (Wildman–Crippen MR) is 103 cm³/mol. The molecule has 0 aliphatic carbocycles. The van der Waals surface area contributed by atoms with Crippen LogP contribution in [0.1, 0.15) is 5.56 Å². The Labute approximate surface area is 149 Å². The lowest BCUT2D eigenvalue weighted by Gasteiger charge is -2.36. The van der Waals surface area contributed by atoms with E-state index in [1.54, 1.807) is 11.8 Å². The number of thioether (sulfide) groups is 1. The summed E-state index contributed by atoms with van der Waals surface area (Å²) in [5.74, 6) is 0.752. The highest BCUT2D eigenvalue weighted by Gasteiger charge is 2.19. The molecular formula is C20H26N2OS. The number of anilines is 1. The summed E-state index contributed by atoms with van der Waals surface area (Å²) in [5, 5.41) is 10.3. The Hall–Kier alpha value is -1.49. The molecule has 0 aromatic heterocycles. The smallest absolute Gasteiger partial charge is 0.0760 e. The monoisotopic (exact) mass is 342 g/mol. The van der Waals surface area contributed by atoms with E-state index in [1.165, 1.54) is 16.1 Å². The quantitative estimate of drug-likeness (QED) is 0.815. The first kappa shape index (κ1) is 17.3. The molecule has 1 heterocycles. The minimum Gasteiger partial charge on any atom is -0.391 e. The maximum atomic E-state index is 10.3. The van der Waals surface area contributed by atoms with E-state index in [9.17, 15) is 5.11 Å². The molecule has 1 saturated heterocycles. The lowest BCUT2D eigenvalue weighted by molar-refractivity contribution is 0.126. The van der Waals surface area contributed by atoms with Crippen LogP contribution < -0.4 is 4.90 Å². The minimum atomic E-state index is -0.278. The van der Waals surface area contributed by atoms with Crippen LogP contribution in [0.2, 0.25) is 0 Å². The first-order valence-electron chi connectivity index (χ1n) is 8.60. The zero-order valence-corrected chi connectivity index (χ0v) is 15.1. The number of aliphatic hydroxyl groups is 1. The molecule has 2 aromatic carbocycles. The average molecular weight is 343 g/mol. The maximum Gasteiger partial charge on any atom is 0.0760 e. The standard InChI is InChI=1S/C20H26N2OS/c1-17-7-9-20(10-8-17)24-16-19(23)15-21-11-13-22(14-12-21)18-5-3-2-4-6-18/h2-10,19,23H,11-16H2,1H3. The van der Waals surface area contributed by atoms with Crippen LogP contribution >= 0.6 is 11.8 Å². The second kappa shape index (κ2) is 8.56. The van der Waals surface area contributed by atoms with Gasteiger partial charge in [-0.15, -0.1) is 11.8 Å². The van der Waals surface area contributed by atoms with Crippen molar-refractivity contribution in [2.45, 2.75) is 17.9 Å². The van der Waals surface area contributed by atoms with Crippen LogP contribution in [0.4, 0.5) is 5.69 Å².